The topological polar surface area (TPSA) is 96.2 Å². The Kier molecular flexibility index (Phi) is 6.42. The maximum Gasteiger partial charge on any atom is 0.271 e. The van der Waals surface area contributed by atoms with E-state index >= 15 is 0 Å². The number of likely N-dealkylation sites (N-methyl/N-ethyl adjacent to an activating group) is 1. The molecule has 0 unspecified atom stereocenters. The normalized spacial score (nSPS) is 11.2. The summed E-state index contributed by atoms with van der Waals surface area (Å²) in [6, 6.07) is 15.0. The van der Waals surface area contributed by atoms with Crippen molar-refractivity contribution in [3.8, 4) is 0 Å². The molecular weight excluding hydrogens is 404 g/mol. The van der Waals surface area contributed by atoms with E-state index in [2.05, 4.69) is 57.7 Å². The second-order valence-corrected chi connectivity index (χ2v) is 7.85. The number of hydrogen-bond acceptors (Lipinski definition) is 7. The lowest BCUT2D eigenvalue weighted by molar-refractivity contribution is -0.384. The average molecular weight is 431 g/mol. The summed E-state index contributed by atoms with van der Waals surface area (Å²) in [5.74, 6) is 0. The first kappa shape index (κ1) is 21.5. The largest absolute Gasteiger partial charge is 0.383 e. The molecule has 4 rings (SSSR count). The molecule has 8 heteroatoms. The van der Waals surface area contributed by atoms with Crippen LogP contribution in [0.5, 0.6) is 0 Å². The number of fused-ring (bicyclic) bond motifs is 2. The molecule has 0 radical (unpaired) electrons. The van der Waals surface area contributed by atoms with Gasteiger partial charge in [-0.3, -0.25) is 20.1 Å². The van der Waals surface area contributed by atoms with Gasteiger partial charge in [-0.25, -0.2) is 0 Å². The molecule has 0 saturated heterocycles. The van der Waals surface area contributed by atoms with Crippen molar-refractivity contribution in [3.63, 3.8) is 0 Å². The number of nitro groups is 1. The molecule has 2 heterocycles. The summed E-state index contributed by atoms with van der Waals surface area (Å²) >= 11 is 0. The summed E-state index contributed by atoms with van der Waals surface area (Å²) in [5.41, 5.74) is 4.89. The lowest BCUT2D eigenvalue weighted by Crippen LogP contribution is -2.29. The Morgan fingerprint density at radius 2 is 1.44 bits per heavy atom. The zero-order valence-electron chi connectivity index (χ0n) is 18.2. The number of anilines is 2. The molecule has 2 N–H and O–H groups in total. The van der Waals surface area contributed by atoms with Crippen molar-refractivity contribution in [3.05, 3.63) is 76.6 Å². The maximum absolute atomic E-state index is 11.0. The standard InChI is InChI=1S/C24H26N6O2/c1-17-3-5-19-21(7-9-25-23(19)15-17)27-11-13-29(2)14-12-28-22-8-10-26-24-16-18(30(31)32)4-6-20(22)24/h3-10,15-16H,11-14H2,1-2H3,(H,25,27)(H,26,28). The van der Waals surface area contributed by atoms with Crippen LogP contribution in [0.1, 0.15) is 5.56 Å². The Bertz CT molecular complexity index is 1260. The first-order valence-electron chi connectivity index (χ1n) is 10.6. The first-order chi connectivity index (χ1) is 15.5. The minimum Gasteiger partial charge on any atom is -0.383 e. The van der Waals surface area contributed by atoms with E-state index in [1.165, 1.54) is 17.7 Å². The van der Waals surface area contributed by atoms with E-state index in [1.807, 2.05) is 18.3 Å². The van der Waals surface area contributed by atoms with E-state index in [-0.39, 0.29) is 5.69 Å². The number of rotatable bonds is 9. The molecule has 0 amide bonds. The third-order valence-electron chi connectivity index (χ3n) is 5.45. The van der Waals surface area contributed by atoms with Crippen molar-refractivity contribution >= 4 is 38.9 Å². The van der Waals surface area contributed by atoms with Crippen molar-refractivity contribution < 1.29 is 4.92 Å². The quantitative estimate of drug-likeness (QED) is 0.299. The van der Waals surface area contributed by atoms with Gasteiger partial charge in [-0.05, 0) is 43.8 Å². The summed E-state index contributed by atoms with van der Waals surface area (Å²) in [6.45, 7) is 5.40. The molecule has 0 spiro atoms. The van der Waals surface area contributed by atoms with Crippen LogP contribution in [0.25, 0.3) is 21.8 Å². The van der Waals surface area contributed by atoms with Gasteiger partial charge in [0.05, 0.1) is 16.0 Å². The lowest BCUT2D eigenvalue weighted by Gasteiger charge is -2.19. The molecule has 0 aliphatic rings. The second-order valence-electron chi connectivity index (χ2n) is 7.85. The van der Waals surface area contributed by atoms with Crippen molar-refractivity contribution in [1.29, 1.82) is 0 Å². The van der Waals surface area contributed by atoms with Crippen molar-refractivity contribution in [2.45, 2.75) is 6.92 Å². The molecule has 2 aromatic carbocycles. The summed E-state index contributed by atoms with van der Waals surface area (Å²) in [5, 5.41) is 19.9. The fraction of sp³-hybridized carbons (Fsp3) is 0.250. The Balaban J connectivity index is 1.29. The molecule has 32 heavy (non-hydrogen) atoms. The molecule has 164 valence electrons. The van der Waals surface area contributed by atoms with Gasteiger partial charge in [-0.2, -0.15) is 0 Å². The van der Waals surface area contributed by atoms with Gasteiger partial charge >= 0.3 is 0 Å². The van der Waals surface area contributed by atoms with Crippen LogP contribution in [0.4, 0.5) is 17.1 Å². The molecule has 4 aromatic rings. The lowest BCUT2D eigenvalue weighted by atomic mass is 10.1. The van der Waals surface area contributed by atoms with Crippen molar-refractivity contribution in [2.24, 2.45) is 0 Å². The fourth-order valence-electron chi connectivity index (χ4n) is 3.69. The molecule has 0 atom stereocenters. The SMILES string of the molecule is Cc1ccc2c(NCCN(C)CCNc3ccnc4cc([N+](=O)[O-])ccc34)ccnc2c1. The van der Waals surface area contributed by atoms with Gasteiger partial charge in [0, 0.05) is 72.9 Å². The van der Waals surface area contributed by atoms with Gasteiger partial charge < -0.3 is 15.5 Å². The van der Waals surface area contributed by atoms with Crippen LogP contribution in [0.15, 0.2) is 60.9 Å². The highest BCUT2D eigenvalue weighted by Gasteiger charge is 2.09. The van der Waals surface area contributed by atoms with Crippen molar-refractivity contribution in [2.75, 3.05) is 43.9 Å². The van der Waals surface area contributed by atoms with Gasteiger partial charge in [0.1, 0.15) is 0 Å². The third-order valence-corrected chi connectivity index (χ3v) is 5.45. The minimum absolute atomic E-state index is 0.0477. The van der Waals surface area contributed by atoms with Crippen LogP contribution in [-0.4, -0.2) is 53.0 Å². The molecule has 2 aromatic heterocycles. The van der Waals surface area contributed by atoms with Crippen LogP contribution < -0.4 is 10.6 Å². The highest BCUT2D eigenvalue weighted by Crippen LogP contribution is 2.25. The number of benzene rings is 2. The van der Waals surface area contributed by atoms with Gasteiger partial charge in [-0.1, -0.05) is 12.1 Å². The first-order valence-corrected chi connectivity index (χ1v) is 10.6. The summed E-state index contributed by atoms with van der Waals surface area (Å²) in [6.07, 6.45) is 3.51. The Morgan fingerprint density at radius 1 is 0.875 bits per heavy atom. The highest BCUT2D eigenvalue weighted by atomic mass is 16.6. The van der Waals surface area contributed by atoms with E-state index in [0.29, 0.717) is 5.52 Å². The highest BCUT2D eigenvalue weighted by molar-refractivity contribution is 5.92. The molecule has 0 aliphatic carbocycles. The molecule has 0 bridgehead atoms. The monoisotopic (exact) mass is 430 g/mol. The van der Waals surface area contributed by atoms with Gasteiger partial charge in [0.15, 0.2) is 0 Å². The Hall–Kier alpha value is -3.78. The number of nitrogens with one attached hydrogen (secondary N) is 2. The predicted molar refractivity (Wildman–Crippen MR) is 129 cm³/mol. The minimum atomic E-state index is -0.403. The van der Waals surface area contributed by atoms with Crippen LogP contribution in [0.3, 0.4) is 0 Å². The third kappa shape index (κ3) is 4.92. The van der Waals surface area contributed by atoms with Crippen LogP contribution >= 0.6 is 0 Å². The van der Waals surface area contributed by atoms with E-state index in [0.717, 1.165) is 53.8 Å². The van der Waals surface area contributed by atoms with Gasteiger partial charge in [-0.15, -0.1) is 0 Å². The molecule has 8 nitrogen and oxygen atoms in total. The Labute approximate surface area is 186 Å². The fourth-order valence-corrected chi connectivity index (χ4v) is 3.69. The van der Waals surface area contributed by atoms with Crippen LogP contribution in [-0.2, 0) is 0 Å². The van der Waals surface area contributed by atoms with E-state index < -0.39 is 4.92 Å². The number of nitrogens with zero attached hydrogens (tertiary/aromatic N) is 4. The number of nitro benzene ring substituents is 1. The van der Waals surface area contributed by atoms with Crippen molar-refractivity contribution in [1.82, 2.24) is 14.9 Å². The molecule has 0 aliphatic heterocycles. The number of hydrogen-bond donors (Lipinski definition) is 2. The van der Waals surface area contributed by atoms with E-state index in [1.54, 1.807) is 12.3 Å². The Morgan fingerprint density at radius 3 is 2.03 bits per heavy atom. The number of aromatic nitrogens is 2. The number of aryl methyl sites for hydroxylation is 1. The maximum atomic E-state index is 11.0. The molecule has 0 saturated carbocycles. The average Bonchev–Trinajstić information content (AvgIpc) is 2.78. The summed E-state index contributed by atoms with van der Waals surface area (Å²) < 4.78 is 0. The summed E-state index contributed by atoms with van der Waals surface area (Å²) in [7, 11) is 2.09. The van der Waals surface area contributed by atoms with E-state index in [4.69, 9.17) is 0 Å². The van der Waals surface area contributed by atoms with Gasteiger partial charge in [0.25, 0.3) is 5.69 Å². The number of pyridine rings is 2. The smallest absolute Gasteiger partial charge is 0.271 e. The van der Waals surface area contributed by atoms with Crippen LogP contribution in [0, 0.1) is 17.0 Å². The van der Waals surface area contributed by atoms with Gasteiger partial charge in [0.2, 0.25) is 0 Å². The zero-order chi connectivity index (χ0) is 22.5. The van der Waals surface area contributed by atoms with Crippen LogP contribution in [0.2, 0.25) is 0 Å². The summed E-state index contributed by atoms with van der Waals surface area (Å²) in [4.78, 5) is 21.5. The molecular formula is C24H26N6O2. The second kappa shape index (κ2) is 9.57. The number of non-ortho nitro benzene ring substituents is 1. The van der Waals surface area contributed by atoms with E-state index in [9.17, 15) is 10.1 Å². The zero-order valence-corrected chi connectivity index (χ0v) is 18.2. The predicted octanol–water partition coefficient (Wildman–Crippen LogP) is 4.46. The molecule has 0 fully saturated rings.